The Bertz CT molecular complexity index is 1510. The van der Waals surface area contributed by atoms with Crippen molar-refractivity contribution in [1.82, 2.24) is 0 Å². The highest BCUT2D eigenvalue weighted by atomic mass is 31.2. The number of carbonyl (C=O) groups excluding carboxylic acids is 2. The van der Waals surface area contributed by atoms with Gasteiger partial charge in [0.25, 0.3) is 0 Å². The second kappa shape index (κ2) is 15.2. The average Bonchev–Trinajstić information content (AvgIpc) is 3.04. The van der Waals surface area contributed by atoms with Crippen LogP contribution < -0.4 is 13.6 Å². The fourth-order valence-corrected chi connectivity index (χ4v) is 4.81. The molecule has 0 aliphatic heterocycles. The fraction of sp³-hybridized carbons (Fsp3) is 0.0857. The summed E-state index contributed by atoms with van der Waals surface area (Å²) >= 11 is 0. The molecular weight excluding hydrogens is 579 g/mol. The molecule has 0 N–H and O–H groups in total. The Balaban J connectivity index is 0.000000215. The molecule has 0 bridgehead atoms. The van der Waals surface area contributed by atoms with Crippen molar-refractivity contribution >= 4 is 19.8 Å². The first-order valence-corrected chi connectivity index (χ1v) is 15.1. The van der Waals surface area contributed by atoms with Gasteiger partial charge >= 0.3 is 19.8 Å². The number of carbonyl (C=O) groups is 2. The lowest BCUT2D eigenvalue weighted by Gasteiger charge is -2.19. The monoisotopic (exact) mass is 610 g/mol. The van der Waals surface area contributed by atoms with E-state index < -0.39 is 19.8 Å². The van der Waals surface area contributed by atoms with Crippen LogP contribution in [-0.2, 0) is 14.3 Å². The summed E-state index contributed by atoms with van der Waals surface area (Å²) in [7, 11) is -3.93. The van der Waals surface area contributed by atoms with Crippen molar-refractivity contribution < 1.29 is 37.5 Å². The summed E-state index contributed by atoms with van der Waals surface area (Å²) < 4.78 is 30.2. The van der Waals surface area contributed by atoms with Crippen molar-refractivity contribution in [3.05, 3.63) is 161 Å². The van der Waals surface area contributed by atoms with E-state index in [0.717, 1.165) is 16.7 Å². The zero-order valence-electron chi connectivity index (χ0n) is 24.4. The summed E-state index contributed by atoms with van der Waals surface area (Å²) in [5.74, 6) is -0.172. The predicted octanol–water partition coefficient (Wildman–Crippen LogP) is 8.87. The summed E-state index contributed by atoms with van der Waals surface area (Å²) in [5, 5.41) is 0. The van der Waals surface area contributed by atoms with Crippen molar-refractivity contribution in [3.63, 3.8) is 0 Å². The number of phosphoric acid groups is 1. The summed E-state index contributed by atoms with van der Waals surface area (Å²) in [4.78, 5) is 31.9. The standard InChI is InChI=1S/C21H21O4P.C14H10O4/c1-16-4-10-19(11-5-16)23-26(22,24-20-12-6-17(2)7-13-20)25-21-14-8-18(3)9-15-21;15-13(11-7-3-1-4-8-11)17-18-14(16)12-9-5-2-6-10-12/h4-15H,1-3H3;1-10H. The lowest BCUT2D eigenvalue weighted by Crippen LogP contribution is -2.11. The lowest BCUT2D eigenvalue weighted by atomic mass is 10.2. The molecule has 44 heavy (non-hydrogen) atoms. The molecule has 5 aromatic rings. The van der Waals surface area contributed by atoms with Crippen molar-refractivity contribution in [2.75, 3.05) is 0 Å². The van der Waals surface area contributed by atoms with Gasteiger partial charge in [-0.25, -0.2) is 19.4 Å². The van der Waals surface area contributed by atoms with E-state index in [1.54, 1.807) is 97.1 Å². The maximum absolute atomic E-state index is 13.3. The third-order valence-electron chi connectivity index (χ3n) is 5.93. The third-order valence-corrected chi connectivity index (χ3v) is 7.23. The van der Waals surface area contributed by atoms with Gasteiger partial charge < -0.3 is 13.6 Å². The molecule has 0 aliphatic rings. The van der Waals surface area contributed by atoms with Crippen LogP contribution in [0.4, 0.5) is 0 Å². The molecule has 9 heteroatoms. The van der Waals surface area contributed by atoms with Gasteiger partial charge in [-0.3, -0.25) is 0 Å². The van der Waals surface area contributed by atoms with Crippen LogP contribution in [0, 0.1) is 20.8 Å². The number of rotatable bonds is 8. The molecule has 5 aromatic carbocycles. The van der Waals surface area contributed by atoms with E-state index in [0.29, 0.717) is 28.4 Å². The highest BCUT2D eigenvalue weighted by Crippen LogP contribution is 2.49. The van der Waals surface area contributed by atoms with E-state index in [-0.39, 0.29) is 0 Å². The molecule has 0 radical (unpaired) electrons. The van der Waals surface area contributed by atoms with Gasteiger partial charge in [0.2, 0.25) is 0 Å². The Labute approximate surface area is 256 Å². The van der Waals surface area contributed by atoms with Crippen LogP contribution in [0.15, 0.2) is 133 Å². The van der Waals surface area contributed by atoms with Crippen LogP contribution in [0.2, 0.25) is 0 Å². The maximum Gasteiger partial charge on any atom is 0.647 e. The number of hydrogen-bond donors (Lipinski definition) is 0. The van der Waals surface area contributed by atoms with Crippen molar-refractivity contribution in [1.29, 1.82) is 0 Å². The van der Waals surface area contributed by atoms with Crippen molar-refractivity contribution in [2.24, 2.45) is 0 Å². The van der Waals surface area contributed by atoms with E-state index >= 15 is 0 Å². The van der Waals surface area contributed by atoms with Crippen molar-refractivity contribution in [3.8, 4) is 17.2 Å². The molecule has 224 valence electrons. The van der Waals surface area contributed by atoms with E-state index in [4.69, 9.17) is 13.6 Å². The molecule has 0 aromatic heterocycles. The second-order valence-electron chi connectivity index (χ2n) is 9.63. The van der Waals surface area contributed by atoms with E-state index in [1.165, 1.54) is 0 Å². The van der Waals surface area contributed by atoms with Crippen LogP contribution in [0.1, 0.15) is 37.4 Å². The minimum absolute atomic E-state index is 0.318. The van der Waals surface area contributed by atoms with Gasteiger partial charge in [-0.2, -0.15) is 4.57 Å². The summed E-state index contributed by atoms with van der Waals surface area (Å²) in [6.45, 7) is 5.90. The largest absolute Gasteiger partial charge is 0.647 e. The van der Waals surface area contributed by atoms with Gasteiger partial charge in [-0.15, -0.1) is 0 Å². The number of aryl methyl sites for hydroxylation is 3. The van der Waals surface area contributed by atoms with Gasteiger partial charge in [0.15, 0.2) is 0 Å². The Morgan fingerprint density at radius 2 is 0.705 bits per heavy atom. The van der Waals surface area contributed by atoms with Gasteiger partial charge in [-0.05, 0) is 81.4 Å². The zero-order valence-corrected chi connectivity index (χ0v) is 25.3. The topological polar surface area (TPSA) is 97.4 Å². The smallest absolute Gasteiger partial charge is 0.386 e. The molecule has 0 fully saturated rings. The molecule has 0 saturated carbocycles. The first kappa shape index (κ1) is 31.6. The van der Waals surface area contributed by atoms with Gasteiger partial charge in [0.05, 0.1) is 11.1 Å². The van der Waals surface area contributed by atoms with Gasteiger partial charge in [0, 0.05) is 0 Å². The predicted molar refractivity (Wildman–Crippen MR) is 167 cm³/mol. The molecule has 0 unspecified atom stereocenters. The molecule has 0 heterocycles. The molecule has 0 amide bonds. The molecule has 5 rings (SSSR count). The number of benzene rings is 5. The van der Waals surface area contributed by atoms with E-state index in [2.05, 4.69) is 9.78 Å². The quantitative estimate of drug-likeness (QED) is 0.0976. The zero-order chi connectivity index (χ0) is 31.4. The first-order valence-electron chi connectivity index (χ1n) is 13.6. The SMILES string of the molecule is Cc1ccc(OP(=O)(Oc2ccc(C)cc2)Oc2ccc(C)cc2)cc1.O=C(OOC(=O)c1ccccc1)c1ccccc1. The van der Waals surface area contributed by atoms with Crippen LogP contribution in [0.3, 0.4) is 0 Å². The first-order chi connectivity index (χ1) is 21.2. The molecule has 0 aliphatic carbocycles. The summed E-state index contributed by atoms with van der Waals surface area (Å²) in [6, 6.07) is 38.2. The average molecular weight is 611 g/mol. The fourth-order valence-electron chi connectivity index (χ4n) is 3.56. The van der Waals surface area contributed by atoms with Gasteiger partial charge in [-0.1, -0.05) is 89.5 Å². The van der Waals surface area contributed by atoms with Crippen LogP contribution in [0.5, 0.6) is 17.2 Å². The van der Waals surface area contributed by atoms with Crippen LogP contribution in [-0.4, -0.2) is 11.9 Å². The minimum atomic E-state index is -3.93. The molecule has 8 nitrogen and oxygen atoms in total. The third kappa shape index (κ3) is 9.89. The minimum Gasteiger partial charge on any atom is -0.386 e. The summed E-state index contributed by atoms with van der Waals surface area (Å²) in [6.07, 6.45) is 0. The van der Waals surface area contributed by atoms with Crippen molar-refractivity contribution in [2.45, 2.75) is 20.8 Å². The Morgan fingerprint density at radius 3 is 0.977 bits per heavy atom. The van der Waals surface area contributed by atoms with Crippen LogP contribution in [0.25, 0.3) is 0 Å². The molecular formula is C35H31O8P. The second-order valence-corrected chi connectivity index (χ2v) is 11.1. The van der Waals surface area contributed by atoms with Crippen LogP contribution >= 0.6 is 7.82 Å². The highest BCUT2D eigenvalue weighted by molar-refractivity contribution is 7.49. The van der Waals surface area contributed by atoms with Gasteiger partial charge in [0.1, 0.15) is 17.2 Å². The van der Waals surface area contributed by atoms with E-state index in [9.17, 15) is 14.2 Å². The Morgan fingerprint density at radius 1 is 0.432 bits per heavy atom. The maximum atomic E-state index is 13.3. The number of hydrogen-bond acceptors (Lipinski definition) is 8. The molecule has 0 atom stereocenters. The van der Waals surface area contributed by atoms with E-state index in [1.807, 2.05) is 57.2 Å². The Hall–Kier alpha value is -5.33. The normalized spacial score (nSPS) is 10.4. The number of phosphoric ester groups is 1. The lowest BCUT2D eigenvalue weighted by molar-refractivity contribution is -0.187. The highest BCUT2D eigenvalue weighted by Gasteiger charge is 2.33. The Kier molecular flexibility index (Phi) is 10.9. The molecule has 0 spiro atoms. The molecule has 0 saturated heterocycles. The summed E-state index contributed by atoms with van der Waals surface area (Å²) in [5.41, 5.74) is 3.86.